The molecule has 1 aromatic carbocycles. The molecule has 12 heavy (non-hydrogen) atoms. The standard InChI is InChI=1S/C8H9N3O/c1-4-10-5-2-3-6(12)7(9)8(5)11-4/h2-3,12H,9H2,1H3,(H,10,11). The maximum atomic E-state index is 9.25. The van der Waals surface area contributed by atoms with Crippen LogP contribution in [0.5, 0.6) is 5.75 Å². The zero-order valence-electron chi connectivity index (χ0n) is 6.63. The number of benzene rings is 1. The highest BCUT2D eigenvalue weighted by Gasteiger charge is 2.05. The number of rotatable bonds is 0. The fourth-order valence-corrected chi connectivity index (χ4v) is 1.21. The summed E-state index contributed by atoms with van der Waals surface area (Å²) in [6.45, 7) is 1.84. The van der Waals surface area contributed by atoms with Gasteiger partial charge in [0, 0.05) is 0 Å². The van der Waals surface area contributed by atoms with Crippen molar-refractivity contribution in [3.8, 4) is 5.75 Å². The number of nitrogen functional groups attached to an aromatic ring is 1. The monoisotopic (exact) mass is 163 g/mol. The Hall–Kier alpha value is -1.71. The highest BCUT2D eigenvalue weighted by molar-refractivity contribution is 5.90. The van der Waals surface area contributed by atoms with E-state index in [0.717, 1.165) is 11.3 Å². The van der Waals surface area contributed by atoms with Crippen molar-refractivity contribution >= 4 is 16.7 Å². The summed E-state index contributed by atoms with van der Waals surface area (Å²) in [5.41, 5.74) is 7.45. The van der Waals surface area contributed by atoms with Crippen LogP contribution in [0.25, 0.3) is 11.0 Å². The van der Waals surface area contributed by atoms with Gasteiger partial charge in [-0.05, 0) is 19.1 Å². The Bertz CT molecular complexity index is 433. The molecule has 4 nitrogen and oxygen atoms in total. The molecule has 2 rings (SSSR count). The molecule has 0 radical (unpaired) electrons. The molecule has 0 aliphatic heterocycles. The van der Waals surface area contributed by atoms with E-state index in [-0.39, 0.29) is 5.75 Å². The minimum absolute atomic E-state index is 0.0890. The van der Waals surface area contributed by atoms with Crippen molar-refractivity contribution in [3.63, 3.8) is 0 Å². The Labute approximate surface area is 69.0 Å². The summed E-state index contributed by atoms with van der Waals surface area (Å²) in [6.07, 6.45) is 0. The van der Waals surface area contributed by atoms with E-state index in [1.54, 1.807) is 6.07 Å². The molecule has 0 fully saturated rings. The molecule has 0 unspecified atom stereocenters. The number of hydrogen-bond donors (Lipinski definition) is 3. The summed E-state index contributed by atoms with van der Waals surface area (Å²) in [7, 11) is 0. The third kappa shape index (κ3) is 0.812. The first-order chi connectivity index (χ1) is 5.68. The summed E-state index contributed by atoms with van der Waals surface area (Å²) in [5, 5.41) is 9.25. The fourth-order valence-electron chi connectivity index (χ4n) is 1.21. The molecular formula is C8H9N3O. The highest BCUT2D eigenvalue weighted by Crippen LogP contribution is 2.27. The second-order valence-corrected chi connectivity index (χ2v) is 2.71. The molecule has 0 aliphatic carbocycles. The van der Waals surface area contributed by atoms with Crippen molar-refractivity contribution in [2.45, 2.75) is 6.92 Å². The van der Waals surface area contributed by atoms with E-state index in [9.17, 15) is 5.11 Å². The van der Waals surface area contributed by atoms with Crippen molar-refractivity contribution in [2.24, 2.45) is 0 Å². The Morgan fingerprint density at radius 2 is 2.25 bits per heavy atom. The van der Waals surface area contributed by atoms with Gasteiger partial charge in [0.25, 0.3) is 0 Å². The normalized spacial score (nSPS) is 10.8. The van der Waals surface area contributed by atoms with Gasteiger partial charge >= 0.3 is 0 Å². The number of anilines is 1. The Kier molecular flexibility index (Phi) is 1.24. The molecule has 0 amide bonds. The zero-order chi connectivity index (χ0) is 8.72. The van der Waals surface area contributed by atoms with Gasteiger partial charge in [0.15, 0.2) is 0 Å². The number of phenols is 1. The molecule has 0 aliphatic rings. The SMILES string of the molecule is Cc1nc2ccc(O)c(N)c2[nH]1. The van der Waals surface area contributed by atoms with Gasteiger partial charge < -0.3 is 15.8 Å². The van der Waals surface area contributed by atoms with Crippen LogP contribution in [0.1, 0.15) is 5.82 Å². The van der Waals surface area contributed by atoms with E-state index < -0.39 is 0 Å². The molecule has 0 atom stereocenters. The molecule has 0 saturated heterocycles. The molecule has 4 heteroatoms. The van der Waals surface area contributed by atoms with Gasteiger partial charge in [-0.3, -0.25) is 0 Å². The third-order valence-electron chi connectivity index (χ3n) is 1.79. The lowest BCUT2D eigenvalue weighted by Gasteiger charge is -1.97. The molecule has 4 N–H and O–H groups in total. The molecule has 0 spiro atoms. The molecule has 1 aromatic heterocycles. The molecule has 0 bridgehead atoms. The summed E-state index contributed by atoms with van der Waals surface area (Å²) in [4.78, 5) is 7.14. The van der Waals surface area contributed by atoms with Crippen LogP contribution in [0.4, 0.5) is 5.69 Å². The van der Waals surface area contributed by atoms with E-state index in [1.807, 2.05) is 6.92 Å². The quantitative estimate of drug-likeness (QED) is 0.403. The van der Waals surface area contributed by atoms with Crippen LogP contribution in [-0.4, -0.2) is 15.1 Å². The summed E-state index contributed by atoms with van der Waals surface area (Å²) in [6, 6.07) is 3.27. The highest BCUT2D eigenvalue weighted by atomic mass is 16.3. The lowest BCUT2D eigenvalue weighted by Crippen LogP contribution is -1.86. The van der Waals surface area contributed by atoms with Crippen molar-refractivity contribution in [1.29, 1.82) is 0 Å². The largest absolute Gasteiger partial charge is 0.506 e. The maximum Gasteiger partial charge on any atom is 0.140 e. The van der Waals surface area contributed by atoms with Gasteiger partial charge in [0.1, 0.15) is 17.3 Å². The zero-order valence-corrected chi connectivity index (χ0v) is 6.63. The number of nitrogens with two attached hydrogens (primary N) is 1. The second-order valence-electron chi connectivity index (χ2n) is 2.71. The fraction of sp³-hybridized carbons (Fsp3) is 0.125. The minimum atomic E-state index is 0.0890. The van der Waals surface area contributed by atoms with Crippen molar-refractivity contribution < 1.29 is 5.11 Å². The van der Waals surface area contributed by atoms with Crippen LogP contribution in [0.3, 0.4) is 0 Å². The van der Waals surface area contributed by atoms with Crippen molar-refractivity contribution in [2.75, 3.05) is 5.73 Å². The van der Waals surface area contributed by atoms with Crippen molar-refractivity contribution in [1.82, 2.24) is 9.97 Å². The number of hydrogen-bond acceptors (Lipinski definition) is 3. The predicted octanol–water partition coefficient (Wildman–Crippen LogP) is 1.16. The van der Waals surface area contributed by atoms with Gasteiger partial charge in [-0.15, -0.1) is 0 Å². The topological polar surface area (TPSA) is 74.9 Å². The smallest absolute Gasteiger partial charge is 0.140 e. The number of nitrogens with zero attached hydrogens (tertiary/aromatic N) is 1. The first kappa shape index (κ1) is 6.97. The number of fused-ring (bicyclic) bond motifs is 1. The Morgan fingerprint density at radius 1 is 1.50 bits per heavy atom. The third-order valence-corrected chi connectivity index (χ3v) is 1.79. The average molecular weight is 163 g/mol. The van der Waals surface area contributed by atoms with Crippen LogP contribution in [0.2, 0.25) is 0 Å². The van der Waals surface area contributed by atoms with Gasteiger partial charge in [-0.1, -0.05) is 0 Å². The number of aromatic hydroxyl groups is 1. The number of aromatic nitrogens is 2. The van der Waals surface area contributed by atoms with Crippen LogP contribution in [0, 0.1) is 6.92 Å². The molecular weight excluding hydrogens is 154 g/mol. The van der Waals surface area contributed by atoms with Crippen LogP contribution < -0.4 is 5.73 Å². The summed E-state index contributed by atoms with van der Waals surface area (Å²) < 4.78 is 0. The van der Waals surface area contributed by atoms with E-state index in [0.29, 0.717) is 11.2 Å². The van der Waals surface area contributed by atoms with Gasteiger partial charge in [-0.2, -0.15) is 0 Å². The lowest BCUT2D eigenvalue weighted by atomic mass is 10.2. The van der Waals surface area contributed by atoms with Crippen LogP contribution in [-0.2, 0) is 0 Å². The number of aromatic amines is 1. The number of aryl methyl sites for hydroxylation is 1. The summed E-state index contributed by atoms with van der Waals surface area (Å²) in [5.74, 6) is 0.883. The average Bonchev–Trinajstić information content (AvgIpc) is 2.39. The lowest BCUT2D eigenvalue weighted by molar-refractivity contribution is 0.478. The molecule has 62 valence electrons. The predicted molar refractivity (Wildman–Crippen MR) is 46.9 cm³/mol. The molecule has 1 heterocycles. The summed E-state index contributed by atoms with van der Waals surface area (Å²) >= 11 is 0. The van der Waals surface area contributed by atoms with Gasteiger partial charge in [0.2, 0.25) is 0 Å². The number of H-pyrrole nitrogens is 1. The van der Waals surface area contributed by atoms with E-state index in [2.05, 4.69) is 9.97 Å². The van der Waals surface area contributed by atoms with Gasteiger partial charge in [0.05, 0.1) is 11.0 Å². The second kappa shape index (κ2) is 2.14. The maximum absolute atomic E-state index is 9.25. The number of phenolic OH excluding ortho intramolecular Hbond substituents is 1. The van der Waals surface area contributed by atoms with E-state index >= 15 is 0 Å². The van der Waals surface area contributed by atoms with Crippen LogP contribution >= 0.6 is 0 Å². The molecule has 2 aromatic rings. The van der Waals surface area contributed by atoms with E-state index in [4.69, 9.17) is 5.73 Å². The minimum Gasteiger partial charge on any atom is -0.506 e. The van der Waals surface area contributed by atoms with Gasteiger partial charge in [-0.25, -0.2) is 4.98 Å². The molecule has 0 saturated carbocycles. The van der Waals surface area contributed by atoms with E-state index in [1.165, 1.54) is 6.07 Å². The number of nitrogens with one attached hydrogen (secondary N) is 1. The Morgan fingerprint density at radius 3 is 3.00 bits per heavy atom. The first-order valence-electron chi connectivity index (χ1n) is 3.62. The van der Waals surface area contributed by atoms with Crippen LogP contribution in [0.15, 0.2) is 12.1 Å². The van der Waals surface area contributed by atoms with Crippen molar-refractivity contribution in [3.05, 3.63) is 18.0 Å². The Balaban J connectivity index is 2.89. The number of imidazole rings is 1. The first-order valence-corrected chi connectivity index (χ1v) is 3.62.